The highest BCUT2D eigenvalue weighted by Gasteiger charge is 2.18. The zero-order chi connectivity index (χ0) is 14.8. The number of pyridine rings is 1. The number of hydrogen-bond acceptors (Lipinski definition) is 5. The maximum atomic E-state index is 11.2. The van der Waals surface area contributed by atoms with Gasteiger partial charge >= 0.3 is 5.97 Å². The van der Waals surface area contributed by atoms with Crippen LogP contribution >= 0.6 is 0 Å². The van der Waals surface area contributed by atoms with E-state index in [0.29, 0.717) is 17.1 Å². The molecule has 2 N–H and O–H groups in total. The average Bonchev–Trinajstić information content (AvgIpc) is 2.10. The van der Waals surface area contributed by atoms with Crippen molar-refractivity contribution in [1.29, 1.82) is 0 Å². The minimum atomic E-state index is -3.12. The molecule has 0 amide bonds. The fourth-order valence-electron chi connectivity index (χ4n) is 1.97. The van der Waals surface area contributed by atoms with Crippen molar-refractivity contribution >= 4 is 21.5 Å². The number of nitrogens with one attached hydrogen (secondary N) is 1. The van der Waals surface area contributed by atoms with Crippen LogP contribution in [0.5, 0.6) is 0 Å². The molecule has 7 heteroatoms. The van der Waals surface area contributed by atoms with Crippen LogP contribution in [0.1, 0.15) is 28.7 Å². The molecular formula is C12H18N2O4S. The second-order valence-electron chi connectivity index (χ2n) is 4.71. The quantitative estimate of drug-likeness (QED) is 0.845. The third kappa shape index (κ3) is 4.51. The maximum Gasteiger partial charge on any atom is 0.339 e. The second kappa shape index (κ2) is 5.56. The van der Waals surface area contributed by atoms with E-state index in [-0.39, 0.29) is 17.4 Å². The van der Waals surface area contributed by atoms with Gasteiger partial charge in [-0.15, -0.1) is 0 Å². The maximum absolute atomic E-state index is 11.2. The lowest BCUT2D eigenvalue weighted by Gasteiger charge is -2.17. The Balaban J connectivity index is 3.10. The Morgan fingerprint density at radius 3 is 2.53 bits per heavy atom. The molecule has 0 aliphatic heterocycles. The van der Waals surface area contributed by atoms with E-state index in [4.69, 9.17) is 0 Å². The lowest BCUT2D eigenvalue weighted by atomic mass is 10.1. The number of rotatable bonds is 5. The van der Waals surface area contributed by atoms with Crippen LogP contribution in [0.2, 0.25) is 0 Å². The fourth-order valence-corrected chi connectivity index (χ4v) is 2.97. The number of anilines is 1. The smallest absolute Gasteiger partial charge is 0.339 e. The van der Waals surface area contributed by atoms with Gasteiger partial charge in [-0.05, 0) is 26.8 Å². The van der Waals surface area contributed by atoms with Gasteiger partial charge in [0, 0.05) is 18.0 Å². The lowest BCUT2D eigenvalue weighted by molar-refractivity contribution is 0.0696. The third-order valence-electron chi connectivity index (χ3n) is 2.50. The number of aromatic nitrogens is 1. The van der Waals surface area contributed by atoms with Crippen LogP contribution in [0.3, 0.4) is 0 Å². The first-order valence-electron chi connectivity index (χ1n) is 5.76. The van der Waals surface area contributed by atoms with Crippen LogP contribution in [0.4, 0.5) is 5.69 Å². The van der Waals surface area contributed by atoms with Gasteiger partial charge in [-0.3, -0.25) is 4.98 Å². The van der Waals surface area contributed by atoms with Crippen LogP contribution in [0.25, 0.3) is 0 Å². The number of nitrogens with zero attached hydrogens (tertiary/aromatic N) is 1. The highest BCUT2D eigenvalue weighted by Crippen LogP contribution is 2.20. The van der Waals surface area contributed by atoms with Crippen molar-refractivity contribution in [2.24, 2.45) is 0 Å². The van der Waals surface area contributed by atoms with Gasteiger partial charge in [-0.2, -0.15) is 0 Å². The summed E-state index contributed by atoms with van der Waals surface area (Å²) in [5, 5.41) is 12.1. The molecule has 19 heavy (non-hydrogen) atoms. The van der Waals surface area contributed by atoms with Crippen molar-refractivity contribution in [2.45, 2.75) is 26.8 Å². The van der Waals surface area contributed by atoms with Crippen LogP contribution < -0.4 is 5.32 Å². The van der Waals surface area contributed by atoms with Gasteiger partial charge in [0.1, 0.15) is 15.4 Å². The van der Waals surface area contributed by atoms with Crippen molar-refractivity contribution in [3.8, 4) is 0 Å². The molecule has 1 unspecified atom stereocenters. The van der Waals surface area contributed by atoms with E-state index in [9.17, 15) is 18.3 Å². The van der Waals surface area contributed by atoms with E-state index in [1.807, 2.05) is 0 Å². The summed E-state index contributed by atoms with van der Waals surface area (Å²) in [4.78, 5) is 15.3. The predicted molar refractivity (Wildman–Crippen MR) is 73.5 cm³/mol. The van der Waals surface area contributed by atoms with Gasteiger partial charge in [0.15, 0.2) is 0 Å². The minimum absolute atomic E-state index is 0.0630. The number of sulfone groups is 1. The van der Waals surface area contributed by atoms with Crippen molar-refractivity contribution in [3.63, 3.8) is 0 Å². The molecule has 0 saturated carbocycles. The second-order valence-corrected chi connectivity index (χ2v) is 6.90. The first-order chi connectivity index (χ1) is 8.60. The van der Waals surface area contributed by atoms with Crippen LogP contribution in [0.15, 0.2) is 6.07 Å². The standard InChI is InChI=1S/C12H18N2O4S/c1-7-5-10(11(12(15)16)9(3)13-7)14-8(2)6-19(4,17)18/h5,8H,6H2,1-4H3,(H,13,14)(H,15,16). The Bertz CT molecular complexity index is 596. The highest BCUT2D eigenvalue weighted by atomic mass is 32.2. The zero-order valence-corrected chi connectivity index (χ0v) is 12.2. The molecule has 0 aliphatic rings. The molecule has 106 valence electrons. The van der Waals surface area contributed by atoms with E-state index in [1.165, 1.54) is 0 Å². The Labute approximate surface area is 112 Å². The van der Waals surface area contributed by atoms with Gasteiger partial charge in [0.2, 0.25) is 0 Å². The van der Waals surface area contributed by atoms with Crippen molar-refractivity contribution in [3.05, 3.63) is 23.0 Å². The summed E-state index contributed by atoms with van der Waals surface area (Å²) in [7, 11) is -3.12. The summed E-state index contributed by atoms with van der Waals surface area (Å²) in [6.07, 6.45) is 1.15. The number of hydrogen-bond donors (Lipinski definition) is 2. The number of carboxylic acid groups (broad SMARTS) is 1. The van der Waals surface area contributed by atoms with Gasteiger partial charge in [-0.1, -0.05) is 0 Å². The molecule has 1 atom stereocenters. The largest absolute Gasteiger partial charge is 0.478 e. The van der Waals surface area contributed by atoms with Gasteiger partial charge in [0.25, 0.3) is 0 Å². The Hall–Kier alpha value is -1.63. The topological polar surface area (TPSA) is 96.4 Å². The molecule has 0 bridgehead atoms. The van der Waals surface area contributed by atoms with E-state index in [2.05, 4.69) is 10.3 Å². The lowest BCUT2D eigenvalue weighted by Crippen LogP contribution is -2.26. The van der Waals surface area contributed by atoms with E-state index in [1.54, 1.807) is 26.8 Å². The molecule has 0 aromatic carbocycles. The first kappa shape index (κ1) is 15.4. The molecule has 6 nitrogen and oxygen atoms in total. The summed E-state index contributed by atoms with van der Waals surface area (Å²) in [6.45, 7) is 5.06. The molecule has 0 aliphatic carbocycles. The van der Waals surface area contributed by atoms with Crippen molar-refractivity contribution in [1.82, 2.24) is 4.98 Å². The number of carboxylic acids is 1. The van der Waals surface area contributed by atoms with Crippen molar-refractivity contribution in [2.75, 3.05) is 17.3 Å². The Morgan fingerprint density at radius 2 is 2.05 bits per heavy atom. The van der Waals surface area contributed by atoms with Crippen LogP contribution in [-0.4, -0.2) is 42.5 Å². The molecule has 0 saturated heterocycles. The zero-order valence-electron chi connectivity index (χ0n) is 11.4. The van der Waals surface area contributed by atoms with E-state index in [0.717, 1.165) is 6.26 Å². The Morgan fingerprint density at radius 1 is 1.47 bits per heavy atom. The predicted octanol–water partition coefficient (Wildman–Crippen LogP) is 1.24. The molecule has 1 rings (SSSR count). The first-order valence-corrected chi connectivity index (χ1v) is 7.82. The summed E-state index contributed by atoms with van der Waals surface area (Å²) in [6, 6.07) is 1.23. The summed E-state index contributed by atoms with van der Waals surface area (Å²) in [5.41, 5.74) is 1.55. The minimum Gasteiger partial charge on any atom is -0.478 e. The SMILES string of the molecule is Cc1cc(NC(C)CS(C)(=O)=O)c(C(=O)O)c(C)n1. The number of aryl methyl sites for hydroxylation is 2. The molecule has 1 aromatic heterocycles. The monoisotopic (exact) mass is 286 g/mol. The normalized spacial score (nSPS) is 13.1. The van der Waals surface area contributed by atoms with E-state index >= 15 is 0 Å². The summed E-state index contributed by atoms with van der Waals surface area (Å²) < 4.78 is 22.4. The van der Waals surface area contributed by atoms with Gasteiger partial charge in [0.05, 0.1) is 17.1 Å². The van der Waals surface area contributed by atoms with Gasteiger partial charge in [-0.25, -0.2) is 13.2 Å². The fraction of sp³-hybridized carbons (Fsp3) is 0.500. The summed E-state index contributed by atoms with van der Waals surface area (Å²) >= 11 is 0. The molecule has 0 radical (unpaired) electrons. The van der Waals surface area contributed by atoms with Crippen LogP contribution in [0, 0.1) is 13.8 Å². The highest BCUT2D eigenvalue weighted by molar-refractivity contribution is 7.90. The molecule has 1 aromatic rings. The molecular weight excluding hydrogens is 268 g/mol. The molecule has 0 spiro atoms. The average molecular weight is 286 g/mol. The summed E-state index contributed by atoms with van der Waals surface area (Å²) in [5.74, 6) is -1.15. The number of aromatic carboxylic acids is 1. The molecule has 0 fully saturated rings. The molecule has 1 heterocycles. The number of carbonyl (C=O) groups is 1. The third-order valence-corrected chi connectivity index (χ3v) is 3.60. The van der Waals surface area contributed by atoms with Crippen LogP contribution in [-0.2, 0) is 9.84 Å². The van der Waals surface area contributed by atoms with E-state index < -0.39 is 15.8 Å². The Kier molecular flexibility index (Phi) is 4.52. The van der Waals surface area contributed by atoms with Gasteiger partial charge < -0.3 is 10.4 Å². The van der Waals surface area contributed by atoms with Crippen molar-refractivity contribution < 1.29 is 18.3 Å².